The number of halogens is 1. The van der Waals surface area contributed by atoms with Gasteiger partial charge in [0.1, 0.15) is 11.7 Å². The average Bonchev–Trinajstić information content (AvgIpc) is 2.91. The summed E-state index contributed by atoms with van der Waals surface area (Å²) in [5.41, 5.74) is 5.84. The fourth-order valence-electron chi connectivity index (χ4n) is 2.52. The molecule has 2 N–H and O–H groups in total. The first-order chi connectivity index (χ1) is 18.3. The smallest absolute Gasteiger partial charge is 0.123 e. The molecule has 0 aromatic carbocycles. The first-order valence-electron chi connectivity index (χ1n) is 13.0. The van der Waals surface area contributed by atoms with E-state index in [0.29, 0.717) is 24.4 Å². The maximum Gasteiger partial charge on any atom is 0.123 e. The van der Waals surface area contributed by atoms with Crippen molar-refractivity contribution in [3.05, 3.63) is 134 Å². The predicted octanol–water partition coefficient (Wildman–Crippen LogP) is 8.90. The van der Waals surface area contributed by atoms with Crippen LogP contribution in [0.25, 0.3) is 0 Å². The van der Waals surface area contributed by atoms with Gasteiger partial charge in [0.2, 0.25) is 0 Å². The molecule has 0 aliphatic heterocycles. The zero-order chi connectivity index (χ0) is 31.0. The van der Waals surface area contributed by atoms with Gasteiger partial charge in [0.25, 0.3) is 0 Å². The lowest BCUT2D eigenvalue weighted by atomic mass is 10.1. The highest BCUT2D eigenvalue weighted by molar-refractivity contribution is 5.80. The van der Waals surface area contributed by atoms with E-state index in [9.17, 15) is 4.39 Å². The Morgan fingerprint density at radius 1 is 0.897 bits per heavy atom. The second-order valence-electron chi connectivity index (χ2n) is 8.52. The van der Waals surface area contributed by atoms with E-state index in [-0.39, 0.29) is 5.83 Å². The minimum absolute atomic E-state index is 0.262. The van der Waals surface area contributed by atoms with Crippen LogP contribution in [0.15, 0.2) is 139 Å². The van der Waals surface area contributed by atoms with E-state index in [1.807, 2.05) is 65.6 Å². The highest BCUT2D eigenvalue weighted by atomic mass is 19.1. The molecule has 0 aliphatic rings. The number of allylic oxidation sites excluding steroid dienone is 8. The van der Waals surface area contributed by atoms with Crippen LogP contribution in [0, 0.1) is 0 Å². The van der Waals surface area contributed by atoms with Crippen molar-refractivity contribution in [1.29, 1.82) is 0 Å². The van der Waals surface area contributed by atoms with Gasteiger partial charge < -0.3 is 15.5 Å². The van der Waals surface area contributed by atoms with E-state index in [0.717, 1.165) is 40.4 Å². The third-order valence-corrected chi connectivity index (χ3v) is 5.00. The standard InChI is InChI=1S/C23H31FN2.C9H16N2.C2H6/c1-9-17(4)14-20(7)25-15-19(6)23(24)13-12-22(11-3)16-26-21(8)18(5)10-2;1-6-10-9(4)11(5)7-8(2)3;1-2/h9-14,25-26H,1-2,4-5,8,15-16H2,3,6-7H3;6H,1-2,7H2,3-5H3;1-2H3/b13-12-,20-14+,22-11+,23-19-;;. The average molecular weight is 537 g/mol. The number of hydrogen-bond donors (Lipinski definition) is 2. The lowest BCUT2D eigenvalue weighted by Gasteiger charge is -2.17. The van der Waals surface area contributed by atoms with Crippen molar-refractivity contribution in [1.82, 2.24) is 15.5 Å². The molecular weight excluding hydrogens is 483 g/mol. The van der Waals surface area contributed by atoms with Crippen LogP contribution in [0.1, 0.15) is 48.5 Å². The molecule has 0 aromatic rings. The number of likely N-dealkylation sites (N-methyl/N-ethyl adjacent to an activating group) is 1. The molecule has 216 valence electrons. The normalized spacial score (nSPS) is 12.0. The van der Waals surface area contributed by atoms with Gasteiger partial charge >= 0.3 is 0 Å². The topological polar surface area (TPSA) is 39.7 Å². The summed E-state index contributed by atoms with van der Waals surface area (Å²) in [5.74, 6) is 0.699. The highest BCUT2D eigenvalue weighted by Crippen LogP contribution is 2.10. The molecule has 0 amide bonds. The molecule has 0 rings (SSSR count). The van der Waals surface area contributed by atoms with Gasteiger partial charge in [-0.3, -0.25) is 0 Å². The molecular formula is C34H53FN4. The van der Waals surface area contributed by atoms with Gasteiger partial charge in [0.15, 0.2) is 0 Å². The monoisotopic (exact) mass is 536 g/mol. The van der Waals surface area contributed by atoms with E-state index in [1.54, 1.807) is 31.4 Å². The van der Waals surface area contributed by atoms with Gasteiger partial charge in [0, 0.05) is 44.3 Å². The Bertz CT molecular complexity index is 1000. The third-order valence-electron chi connectivity index (χ3n) is 5.00. The number of amidine groups is 1. The van der Waals surface area contributed by atoms with E-state index in [2.05, 4.69) is 61.7 Å². The molecule has 0 heterocycles. The Morgan fingerprint density at radius 3 is 1.95 bits per heavy atom. The molecule has 39 heavy (non-hydrogen) atoms. The van der Waals surface area contributed by atoms with Gasteiger partial charge in [-0.2, -0.15) is 0 Å². The lowest BCUT2D eigenvalue weighted by molar-refractivity contribution is 0.546. The number of nitrogens with one attached hydrogen (secondary N) is 2. The first kappa shape index (κ1) is 39.6. The van der Waals surface area contributed by atoms with Gasteiger partial charge in [-0.25, -0.2) is 9.38 Å². The molecule has 0 bridgehead atoms. The third kappa shape index (κ3) is 21.9. The van der Waals surface area contributed by atoms with Crippen molar-refractivity contribution in [3.63, 3.8) is 0 Å². The molecule has 0 aliphatic carbocycles. The molecule has 4 nitrogen and oxygen atoms in total. The van der Waals surface area contributed by atoms with Crippen molar-refractivity contribution in [2.45, 2.75) is 48.5 Å². The Balaban J connectivity index is -0.000000831. The minimum atomic E-state index is -0.262. The summed E-state index contributed by atoms with van der Waals surface area (Å²) in [6, 6.07) is 0. The van der Waals surface area contributed by atoms with Crippen LogP contribution >= 0.6 is 0 Å². The Morgan fingerprint density at radius 2 is 1.49 bits per heavy atom. The van der Waals surface area contributed by atoms with Crippen LogP contribution < -0.4 is 10.6 Å². The van der Waals surface area contributed by atoms with Crippen LogP contribution in [0.2, 0.25) is 0 Å². The summed E-state index contributed by atoms with van der Waals surface area (Å²) in [4.78, 5) is 6.07. The summed E-state index contributed by atoms with van der Waals surface area (Å²) >= 11 is 0. The zero-order valence-corrected chi connectivity index (χ0v) is 25.9. The van der Waals surface area contributed by atoms with Crippen molar-refractivity contribution < 1.29 is 4.39 Å². The molecule has 0 saturated carbocycles. The Labute approximate surface area is 239 Å². The fourth-order valence-corrected chi connectivity index (χ4v) is 2.52. The van der Waals surface area contributed by atoms with E-state index >= 15 is 0 Å². The number of nitrogens with zero attached hydrogens (tertiary/aromatic N) is 2. The van der Waals surface area contributed by atoms with Crippen LogP contribution in [0.5, 0.6) is 0 Å². The summed E-state index contributed by atoms with van der Waals surface area (Å²) in [6.07, 6.45) is 11.9. The molecule has 0 fully saturated rings. The minimum Gasteiger partial charge on any atom is -0.385 e. The number of hydrogen-bond acceptors (Lipinski definition) is 3. The van der Waals surface area contributed by atoms with Gasteiger partial charge in [0.05, 0.1) is 0 Å². The predicted molar refractivity (Wildman–Crippen MR) is 176 cm³/mol. The van der Waals surface area contributed by atoms with E-state index in [1.165, 1.54) is 6.08 Å². The maximum atomic E-state index is 14.3. The first-order valence-corrected chi connectivity index (χ1v) is 13.0. The van der Waals surface area contributed by atoms with Gasteiger partial charge in [-0.15, -0.1) is 0 Å². The second-order valence-corrected chi connectivity index (χ2v) is 8.52. The lowest BCUT2D eigenvalue weighted by Crippen LogP contribution is -2.25. The van der Waals surface area contributed by atoms with Crippen LogP contribution in [-0.2, 0) is 0 Å². The molecule has 0 radical (unpaired) electrons. The molecule has 0 saturated heterocycles. The van der Waals surface area contributed by atoms with Crippen molar-refractivity contribution >= 4 is 5.84 Å². The molecule has 0 aromatic heterocycles. The van der Waals surface area contributed by atoms with Gasteiger partial charge in [-0.05, 0) is 69.1 Å². The molecule has 0 unspecified atom stereocenters. The molecule has 5 heteroatoms. The highest BCUT2D eigenvalue weighted by Gasteiger charge is 2.01. The van der Waals surface area contributed by atoms with Crippen LogP contribution in [0.4, 0.5) is 4.39 Å². The fraction of sp³-hybridized carbons (Fsp3) is 0.324. The second kappa shape index (κ2) is 24.5. The number of rotatable bonds is 15. The SMILES string of the molecule is C=CC(=C)/C=C(\C)NC/C(C)=C(F)/C=C\C(=C/C)CNC(=C)C(=C)C=C.C=CN=C(C)N(C)CC(=C)C.CC. The van der Waals surface area contributed by atoms with Crippen molar-refractivity contribution in [2.75, 3.05) is 26.7 Å². The Kier molecular flexibility index (Phi) is 24.9. The summed E-state index contributed by atoms with van der Waals surface area (Å²) in [6.45, 7) is 41.5. The summed E-state index contributed by atoms with van der Waals surface area (Å²) in [7, 11) is 1.98. The van der Waals surface area contributed by atoms with Crippen molar-refractivity contribution in [3.8, 4) is 0 Å². The van der Waals surface area contributed by atoms with Crippen molar-refractivity contribution in [2.24, 2.45) is 4.99 Å². The van der Waals surface area contributed by atoms with E-state index in [4.69, 9.17) is 0 Å². The van der Waals surface area contributed by atoms with Crippen LogP contribution in [0.3, 0.4) is 0 Å². The van der Waals surface area contributed by atoms with Gasteiger partial charge in [-0.1, -0.05) is 89.8 Å². The summed E-state index contributed by atoms with van der Waals surface area (Å²) in [5, 5.41) is 6.29. The van der Waals surface area contributed by atoms with E-state index < -0.39 is 0 Å². The van der Waals surface area contributed by atoms with Crippen LogP contribution in [-0.4, -0.2) is 37.4 Å². The molecule has 0 spiro atoms. The largest absolute Gasteiger partial charge is 0.385 e. The Hall–Kier alpha value is -3.86. The quantitative estimate of drug-likeness (QED) is 0.0950. The zero-order valence-electron chi connectivity index (χ0n) is 25.9. The molecule has 0 atom stereocenters. The summed E-state index contributed by atoms with van der Waals surface area (Å²) < 4.78 is 14.3. The number of aliphatic imine (C=N–C) groups is 1. The maximum absolute atomic E-state index is 14.3.